The van der Waals surface area contributed by atoms with Crippen molar-refractivity contribution in [3.05, 3.63) is 28.8 Å². The second kappa shape index (κ2) is 7.17. The number of carbonyl (C=O) groups excluding carboxylic acids is 1. The fourth-order valence-corrected chi connectivity index (χ4v) is 1.54. The Bertz CT molecular complexity index is 377. The molecule has 0 radical (unpaired) electrons. The third-order valence-corrected chi connectivity index (χ3v) is 2.72. The molecule has 17 heavy (non-hydrogen) atoms. The summed E-state index contributed by atoms with van der Waals surface area (Å²) < 4.78 is 10.4. The van der Waals surface area contributed by atoms with Crippen molar-refractivity contribution in [2.45, 2.75) is 26.7 Å². The maximum Gasteiger partial charge on any atom is 0.305 e. The first-order chi connectivity index (χ1) is 8.15. The van der Waals surface area contributed by atoms with E-state index < -0.39 is 0 Å². The van der Waals surface area contributed by atoms with Crippen LogP contribution in [0.3, 0.4) is 0 Å². The van der Waals surface area contributed by atoms with Crippen molar-refractivity contribution in [2.75, 3.05) is 13.2 Å². The molecule has 0 N–H and O–H groups in total. The van der Waals surface area contributed by atoms with Crippen molar-refractivity contribution in [3.63, 3.8) is 0 Å². The Labute approximate surface area is 107 Å². The maximum absolute atomic E-state index is 11.1. The number of hydrogen-bond donors (Lipinski definition) is 0. The molecule has 0 atom stereocenters. The minimum absolute atomic E-state index is 0.182. The van der Waals surface area contributed by atoms with E-state index in [1.165, 1.54) is 0 Å². The fraction of sp³-hybridized carbons (Fsp3) is 0.462. The molecule has 4 heteroatoms. The van der Waals surface area contributed by atoms with Crippen LogP contribution in [0.15, 0.2) is 18.2 Å². The highest BCUT2D eigenvalue weighted by Crippen LogP contribution is 2.25. The van der Waals surface area contributed by atoms with Crippen molar-refractivity contribution in [1.82, 2.24) is 0 Å². The number of halogens is 1. The van der Waals surface area contributed by atoms with Crippen LogP contribution in [0.5, 0.6) is 5.75 Å². The van der Waals surface area contributed by atoms with E-state index in [0.29, 0.717) is 31.1 Å². The van der Waals surface area contributed by atoms with Gasteiger partial charge in [0.1, 0.15) is 5.75 Å². The molecule has 3 nitrogen and oxygen atoms in total. The predicted molar refractivity (Wildman–Crippen MR) is 67.6 cm³/mol. The van der Waals surface area contributed by atoms with Gasteiger partial charge in [-0.2, -0.15) is 0 Å². The standard InChI is InChI=1S/C13H17ClO3/c1-3-16-13(15)8-5-9-17-12-7-4-6-11(14)10(12)2/h4,6-7H,3,5,8-9H2,1-2H3. The highest BCUT2D eigenvalue weighted by molar-refractivity contribution is 6.31. The second-order valence-corrected chi connectivity index (χ2v) is 4.03. The smallest absolute Gasteiger partial charge is 0.305 e. The lowest BCUT2D eigenvalue weighted by molar-refractivity contribution is -0.143. The molecule has 0 saturated heterocycles. The first kappa shape index (κ1) is 13.8. The zero-order valence-electron chi connectivity index (χ0n) is 10.2. The van der Waals surface area contributed by atoms with Crippen LogP contribution in [0, 0.1) is 6.92 Å². The molecule has 0 aliphatic carbocycles. The van der Waals surface area contributed by atoms with Crippen LogP contribution in [0.25, 0.3) is 0 Å². The number of carbonyl (C=O) groups is 1. The van der Waals surface area contributed by atoms with Gasteiger partial charge in [0.25, 0.3) is 0 Å². The summed E-state index contributed by atoms with van der Waals surface area (Å²) in [5.41, 5.74) is 0.922. The van der Waals surface area contributed by atoms with Crippen LogP contribution in [0.1, 0.15) is 25.3 Å². The zero-order valence-corrected chi connectivity index (χ0v) is 10.9. The first-order valence-corrected chi connectivity index (χ1v) is 6.06. The van der Waals surface area contributed by atoms with Gasteiger partial charge in [-0.25, -0.2) is 0 Å². The molecule has 94 valence electrons. The summed E-state index contributed by atoms with van der Waals surface area (Å²) in [6.07, 6.45) is 1.03. The van der Waals surface area contributed by atoms with E-state index in [-0.39, 0.29) is 5.97 Å². The second-order valence-electron chi connectivity index (χ2n) is 3.62. The summed E-state index contributed by atoms with van der Waals surface area (Å²) in [5.74, 6) is 0.584. The molecular weight excluding hydrogens is 240 g/mol. The van der Waals surface area contributed by atoms with Crippen LogP contribution >= 0.6 is 11.6 Å². The highest BCUT2D eigenvalue weighted by Gasteiger charge is 2.04. The maximum atomic E-state index is 11.1. The lowest BCUT2D eigenvalue weighted by atomic mass is 10.2. The first-order valence-electron chi connectivity index (χ1n) is 5.68. The molecule has 1 rings (SSSR count). The van der Waals surface area contributed by atoms with Gasteiger partial charge in [0.05, 0.1) is 13.2 Å². The van der Waals surface area contributed by atoms with Crippen LogP contribution < -0.4 is 4.74 Å². The third-order valence-electron chi connectivity index (χ3n) is 2.31. The Hall–Kier alpha value is -1.22. The number of hydrogen-bond acceptors (Lipinski definition) is 3. The molecule has 0 bridgehead atoms. The van der Waals surface area contributed by atoms with Crippen LogP contribution in [-0.4, -0.2) is 19.2 Å². The van der Waals surface area contributed by atoms with Crippen LogP contribution in [0.2, 0.25) is 5.02 Å². The van der Waals surface area contributed by atoms with Gasteiger partial charge in [-0.3, -0.25) is 4.79 Å². The molecule has 0 aliphatic rings. The van der Waals surface area contributed by atoms with Crippen LogP contribution in [0.4, 0.5) is 0 Å². The highest BCUT2D eigenvalue weighted by atomic mass is 35.5. The average molecular weight is 257 g/mol. The van der Waals surface area contributed by atoms with Gasteiger partial charge < -0.3 is 9.47 Å². The molecule has 1 aromatic carbocycles. The lowest BCUT2D eigenvalue weighted by Gasteiger charge is -2.09. The Morgan fingerprint density at radius 2 is 2.18 bits per heavy atom. The topological polar surface area (TPSA) is 35.5 Å². The Morgan fingerprint density at radius 1 is 1.41 bits per heavy atom. The van der Waals surface area contributed by atoms with Crippen molar-refractivity contribution >= 4 is 17.6 Å². The summed E-state index contributed by atoms with van der Waals surface area (Å²) in [4.78, 5) is 11.1. The Balaban J connectivity index is 2.31. The lowest BCUT2D eigenvalue weighted by Crippen LogP contribution is -2.07. The van der Waals surface area contributed by atoms with Crippen LogP contribution in [-0.2, 0) is 9.53 Å². The zero-order chi connectivity index (χ0) is 12.7. The third kappa shape index (κ3) is 4.65. The van der Waals surface area contributed by atoms with Gasteiger partial charge in [-0.1, -0.05) is 17.7 Å². The van der Waals surface area contributed by atoms with Crippen molar-refractivity contribution in [2.24, 2.45) is 0 Å². The molecule has 0 heterocycles. The molecular formula is C13H17ClO3. The summed E-state index contributed by atoms with van der Waals surface area (Å²) >= 11 is 5.96. The monoisotopic (exact) mass is 256 g/mol. The number of esters is 1. The minimum Gasteiger partial charge on any atom is -0.493 e. The van der Waals surface area contributed by atoms with Gasteiger partial charge in [0.15, 0.2) is 0 Å². The number of benzene rings is 1. The Morgan fingerprint density at radius 3 is 2.88 bits per heavy atom. The van der Waals surface area contributed by atoms with Crippen molar-refractivity contribution < 1.29 is 14.3 Å². The average Bonchev–Trinajstić information content (AvgIpc) is 2.30. The molecule has 0 aromatic heterocycles. The Kier molecular flexibility index (Phi) is 5.84. The quantitative estimate of drug-likeness (QED) is 0.578. The van der Waals surface area contributed by atoms with E-state index in [2.05, 4.69) is 0 Å². The molecule has 1 aromatic rings. The molecule has 0 spiro atoms. The minimum atomic E-state index is -0.182. The van der Waals surface area contributed by atoms with Gasteiger partial charge in [-0.15, -0.1) is 0 Å². The normalized spacial score (nSPS) is 10.1. The number of rotatable bonds is 6. The van der Waals surface area contributed by atoms with Gasteiger partial charge >= 0.3 is 5.97 Å². The van der Waals surface area contributed by atoms with E-state index in [9.17, 15) is 4.79 Å². The molecule has 0 unspecified atom stereocenters. The van der Waals surface area contributed by atoms with E-state index in [0.717, 1.165) is 11.3 Å². The molecule has 0 amide bonds. The fourth-order valence-electron chi connectivity index (χ4n) is 1.38. The van der Waals surface area contributed by atoms with Crippen molar-refractivity contribution in [3.8, 4) is 5.75 Å². The predicted octanol–water partition coefficient (Wildman–Crippen LogP) is 3.37. The van der Waals surface area contributed by atoms with E-state index in [1.807, 2.05) is 25.1 Å². The summed E-state index contributed by atoms with van der Waals surface area (Å²) in [6.45, 7) is 4.61. The van der Waals surface area contributed by atoms with E-state index >= 15 is 0 Å². The molecule has 0 fully saturated rings. The largest absolute Gasteiger partial charge is 0.493 e. The summed E-state index contributed by atoms with van der Waals surface area (Å²) in [6, 6.07) is 5.53. The van der Waals surface area contributed by atoms with E-state index in [4.69, 9.17) is 21.1 Å². The van der Waals surface area contributed by atoms with Crippen molar-refractivity contribution in [1.29, 1.82) is 0 Å². The molecule has 0 saturated carbocycles. The van der Waals surface area contributed by atoms with Gasteiger partial charge in [0, 0.05) is 17.0 Å². The van der Waals surface area contributed by atoms with Gasteiger partial charge in [-0.05, 0) is 32.4 Å². The number of ether oxygens (including phenoxy) is 2. The summed E-state index contributed by atoms with van der Waals surface area (Å²) in [5, 5.41) is 0.688. The van der Waals surface area contributed by atoms with Gasteiger partial charge in [0.2, 0.25) is 0 Å². The van der Waals surface area contributed by atoms with E-state index in [1.54, 1.807) is 6.92 Å². The SMILES string of the molecule is CCOC(=O)CCCOc1cccc(Cl)c1C. The summed E-state index contributed by atoms with van der Waals surface area (Å²) in [7, 11) is 0. The molecule has 0 aliphatic heterocycles.